The van der Waals surface area contributed by atoms with Gasteiger partial charge in [-0.3, -0.25) is 0 Å². The van der Waals surface area contributed by atoms with Crippen molar-refractivity contribution in [2.24, 2.45) is 0 Å². The minimum atomic E-state index is -0.691. The molecule has 2 aromatic heterocycles. The van der Waals surface area contributed by atoms with Crippen molar-refractivity contribution in [3.05, 3.63) is 67.1 Å². The van der Waals surface area contributed by atoms with Gasteiger partial charge < -0.3 is 30.2 Å². The Morgan fingerprint density at radius 3 is 2.53 bits per heavy atom. The number of nitrogens with two attached hydrogens (primary N) is 1. The zero-order valence-electron chi connectivity index (χ0n) is 21.6. The Morgan fingerprint density at radius 2 is 1.79 bits per heavy atom. The topological polar surface area (TPSA) is 107 Å². The second-order valence-electron chi connectivity index (χ2n) is 10.6. The summed E-state index contributed by atoms with van der Waals surface area (Å²) in [5.41, 5.74) is 8.55. The van der Waals surface area contributed by atoms with Gasteiger partial charge in [0.05, 0.1) is 17.1 Å². The molecule has 0 amide bonds. The number of hydrogen-bond acceptors (Lipinski definition) is 7. The Hall–Kier alpha value is -3.46. The molecule has 0 bridgehead atoms. The van der Waals surface area contributed by atoms with E-state index >= 15 is 0 Å². The highest BCUT2D eigenvalue weighted by Gasteiger charge is 2.34. The standard InChI is InChI=1S/C30H35N5O3/c31-28-27-26(21-8-10-24(11-9-21)38-23-5-2-1-3-6-23)18-35(29(27)34-20-33-28)22-12-14-30(36,15-13-22)19-32-17-25-7-4-16-37-25/h1-3,5-6,8-11,18,20,22,25,32,36H,4,7,12-17,19H2,(H2,31,33,34). The zero-order valence-corrected chi connectivity index (χ0v) is 21.6. The van der Waals surface area contributed by atoms with Crippen LogP contribution in [0.25, 0.3) is 22.2 Å². The smallest absolute Gasteiger partial charge is 0.146 e. The third-order valence-corrected chi connectivity index (χ3v) is 7.91. The van der Waals surface area contributed by atoms with Gasteiger partial charge in [-0.2, -0.15) is 0 Å². The lowest BCUT2D eigenvalue weighted by molar-refractivity contribution is -0.00863. The molecule has 1 saturated carbocycles. The second-order valence-corrected chi connectivity index (χ2v) is 10.6. The van der Waals surface area contributed by atoms with Crippen LogP contribution in [0.4, 0.5) is 5.82 Å². The number of nitrogens with one attached hydrogen (secondary N) is 1. The molecule has 2 aromatic carbocycles. The number of hydrogen-bond donors (Lipinski definition) is 3. The van der Waals surface area contributed by atoms with Crippen LogP contribution >= 0.6 is 0 Å². The summed E-state index contributed by atoms with van der Waals surface area (Å²) in [6.45, 7) is 2.26. The van der Waals surface area contributed by atoms with Crippen LogP contribution in [0, 0.1) is 0 Å². The molecule has 1 aliphatic heterocycles. The minimum Gasteiger partial charge on any atom is -0.457 e. The van der Waals surface area contributed by atoms with Gasteiger partial charge in [0.2, 0.25) is 0 Å². The molecule has 198 valence electrons. The number of fused-ring (bicyclic) bond motifs is 1. The number of benzene rings is 2. The highest BCUT2D eigenvalue weighted by atomic mass is 16.5. The van der Waals surface area contributed by atoms with Gasteiger partial charge in [0.15, 0.2) is 0 Å². The monoisotopic (exact) mass is 513 g/mol. The largest absolute Gasteiger partial charge is 0.457 e. The summed E-state index contributed by atoms with van der Waals surface area (Å²) in [5, 5.41) is 15.5. The summed E-state index contributed by atoms with van der Waals surface area (Å²) in [5.74, 6) is 2.04. The molecule has 4 N–H and O–H groups in total. The van der Waals surface area contributed by atoms with E-state index in [4.69, 9.17) is 15.2 Å². The first kappa shape index (κ1) is 24.9. The van der Waals surface area contributed by atoms with E-state index in [1.807, 2.05) is 54.6 Å². The lowest BCUT2D eigenvalue weighted by Crippen LogP contribution is -2.45. The van der Waals surface area contributed by atoms with Crippen molar-refractivity contribution in [1.29, 1.82) is 0 Å². The van der Waals surface area contributed by atoms with Crippen LogP contribution < -0.4 is 15.8 Å². The quantitative estimate of drug-likeness (QED) is 0.301. The molecule has 6 rings (SSSR count). The van der Waals surface area contributed by atoms with E-state index in [2.05, 4.69) is 26.0 Å². The SMILES string of the molecule is Nc1ncnc2c1c(-c1ccc(Oc3ccccc3)cc1)cn2C1CCC(O)(CNCC2CCCO2)CC1. The van der Waals surface area contributed by atoms with Crippen molar-refractivity contribution < 1.29 is 14.6 Å². The summed E-state index contributed by atoms with van der Waals surface area (Å²) in [6.07, 6.45) is 9.40. The fraction of sp³-hybridized carbons (Fsp3) is 0.400. The van der Waals surface area contributed by atoms with Crippen molar-refractivity contribution in [1.82, 2.24) is 19.9 Å². The zero-order chi connectivity index (χ0) is 26.0. The molecule has 38 heavy (non-hydrogen) atoms. The first-order valence-electron chi connectivity index (χ1n) is 13.6. The van der Waals surface area contributed by atoms with Crippen LogP contribution in [0.5, 0.6) is 11.5 Å². The maximum Gasteiger partial charge on any atom is 0.146 e. The Morgan fingerprint density at radius 1 is 1.03 bits per heavy atom. The van der Waals surface area contributed by atoms with E-state index in [1.165, 1.54) is 6.33 Å². The van der Waals surface area contributed by atoms with E-state index in [-0.39, 0.29) is 12.1 Å². The molecule has 0 radical (unpaired) electrons. The second kappa shape index (κ2) is 10.7. The summed E-state index contributed by atoms with van der Waals surface area (Å²) in [7, 11) is 0. The van der Waals surface area contributed by atoms with Gasteiger partial charge in [0, 0.05) is 37.5 Å². The molecule has 1 saturated heterocycles. The average Bonchev–Trinajstić information content (AvgIpc) is 3.59. The van der Waals surface area contributed by atoms with Gasteiger partial charge in [-0.1, -0.05) is 30.3 Å². The molecule has 0 spiro atoms. The molecule has 1 aliphatic carbocycles. The summed E-state index contributed by atoms with van der Waals surface area (Å²) < 4.78 is 13.9. The number of nitrogen functional groups attached to an aromatic ring is 1. The molecular formula is C30H35N5O3. The summed E-state index contributed by atoms with van der Waals surface area (Å²) in [4.78, 5) is 8.91. The average molecular weight is 514 g/mol. The van der Waals surface area contributed by atoms with Crippen LogP contribution in [0.1, 0.15) is 44.6 Å². The minimum absolute atomic E-state index is 0.236. The van der Waals surface area contributed by atoms with Crippen molar-refractivity contribution in [2.45, 2.75) is 56.3 Å². The van der Waals surface area contributed by atoms with Crippen LogP contribution in [-0.2, 0) is 4.74 Å². The predicted octanol–water partition coefficient (Wildman–Crippen LogP) is 5.09. The van der Waals surface area contributed by atoms with E-state index in [0.29, 0.717) is 12.4 Å². The van der Waals surface area contributed by atoms with Gasteiger partial charge >= 0.3 is 0 Å². The van der Waals surface area contributed by atoms with E-state index in [9.17, 15) is 5.11 Å². The molecule has 3 heterocycles. The number of anilines is 1. The Balaban J connectivity index is 1.18. The van der Waals surface area contributed by atoms with Gasteiger partial charge in [0.1, 0.15) is 29.3 Å². The molecule has 2 aliphatic rings. The van der Waals surface area contributed by atoms with Gasteiger partial charge in [-0.25, -0.2) is 9.97 Å². The molecular weight excluding hydrogens is 478 g/mol. The number of rotatable bonds is 8. The third-order valence-electron chi connectivity index (χ3n) is 7.91. The number of aliphatic hydroxyl groups is 1. The van der Waals surface area contributed by atoms with Gasteiger partial charge in [0.25, 0.3) is 0 Å². The molecule has 1 atom stereocenters. The lowest BCUT2D eigenvalue weighted by atomic mass is 9.82. The van der Waals surface area contributed by atoms with Crippen molar-refractivity contribution in [2.75, 3.05) is 25.4 Å². The number of para-hydroxylation sites is 1. The normalized spacial score (nSPS) is 23.6. The molecule has 4 aromatic rings. The first-order valence-corrected chi connectivity index (χ1v) is 13.6. The summed E-state index contributed by atoms with van der Waals surface area (Å²) in [6, 6.07) is 18.0. The van der Waals surface area contributed by atoms with Gasteiger partial charge in [-0.05, 0) is 68.4 Å². The van der Waals surface area contributed by atoms with Crippen molar-refractivity contribution >= 4 is 16.9 Å². The van der Waals surface area contributed by atoms with Crippen molar-refractivity contribution in [3.63, 3.8) is 0 Å². The third kappa shape index (κ3) is 5.25. The van der Waals surface area contributed by atoms with Crippen LogP contribution in [0.2, 0.25) is 0 Å². The van der Waals surface area contributed by atoms with Crippen LogP contribution in [-0.4, -0.2) is 51.0 Å². The highest BCUT2D eigenvalue weighted by molar-refractivity contribution is 6.00. The van der Waals surface area contributed by atoms with E-state index in [1.54, 1.807) is 0 Å². The van der Waals surface area contributed by atoms with E-state index in [0.717, 1.165) is 85.3 Å². The molecule has 8 nitrogen and oxygen atoms in total. The number of aromatic nitrogens is 3. The van der Waals surface area contributed by atoms with Crippen LogP contribution in [0.15, 0.2) is 67.1 Å². The van der Waals surface area contributed by atoms with E-state index < -0.39 is 5.60 Å². The van der Waals surface area contributed by atoms with Crippen molar-refractivity contribution in [3.8, 4) is 22.6 Å². The Kier molecular flexibility index (Phi) is 7.02. The fourth-order valence-corrected chi connectivity index (χ4v) is 5.80. The molecule has 2 fully saturated rings. The molecule has 1 unspecified atom stereocenters. The molecule has 8 heteroatoms. The first-order chi connectivity index (χ1) is 18.6. The number of nitrogens with zero attached hydrogens (tertiary/aromatic N) is 3. The fourth-order valence-electron chi connectivity index (χ4n) is 5.80. The predicted molar refractivity (Wildman–Crippen MR) is 148 cm³/mol. The lowest BCUT2D eigenvalue weighted by Gasteiger charge is -2.37. The van der Waals surface area contributed by atoms with Gasteiger partial charge in [-0.15, -0.1) is 0 Å². The highest BCUT2D eigenvalue weighted by Crippen LogP contribution is 2.40. The Bertz CT molecular complexity index is 1360. The maximum absolute atomic E-state index is 11.2. The number of ether oxygens (including phenoxy) is 2. The Labute approximate surface area is 222 Å². The summed E-state index contributed by atoms with van der Waals surface area (Å²) >= 11 is 0. The maximum atomic E-state index is 11.2. The van der Waals surface area contributed by atoms with Crippen LogP contribution in [0.3, 0.4) is 0 Å².